The molecule has 110 valence electrons. The Morgan fingerprint density at radius 3 is 2.25 bits per heavy atom. The van der Waals surface area contributed by atoms with E-state index in [9.17, 15) is 13.5 Å². The van der Waals surface area contributed by atoms with Gasteiger partial charge < -0.3 is 10.8 Å². The Balaban J connectivity index is 1.80. The van der Waals surface area contributed by atoms with E-state index < -0.39 is 10.0 Å². The maximum absolute atomic E-state index is 12.6. The van der Waals surface area contributed by atoms with Crippen molar-refractivity contribution in [1.29, 1.82) is 0 Å². The van der Waals surface area contributed by atoms with Crippen molar-refractivity contribution >= 4 is 15.7 Å². The highest BCUT2D eigenvalue weighted by molar-refractivity contribution is 7.88. The molecule has 2 unspecified atom stereocenters. The molecule has 0 aliphatic carbocycles. The van der Waals surface area contributed by atoms with Crippen LogP contribution in [0.15, 0.2) is 24.3 Å². The molecule has 0 aromatic heterocycles. The number of nitrogen functional groups attached to an aromatic ring is 1. The van der Waals surface area contributed by atoms with Crippen LogP contribution in [0.1, 0.15) is 31.2 Å². The van der Waals surface area contributed by atoms with Crippen LogP contribution in [0.2, 0.25) is 0 Å². The number of fused-ring (bicyclic) bond motifs is 2. The zero-order valence-corrected chi connectivity index (χ0v) is 12.1. The zero-order valence-electron chi connectivity index (χ0n) is 11.3. The van der Waals surface area contributed by atoms with Crippen molar-refractivity contribution in [3.8, 4) is 0 Å². The summed E-state index contributed by atoms with van der Waals surface area (Å²) in [5.74, 6) is 0.0103. The Hall–Kier alpha value is -1.11. The normalized spacial score (nSPS) is 30.6. The molecular weight excluding hydrogens is 276 g/mol. The van der Waals surface area contributed by atoms with E-state index in [4.69, 9.17) is 5.73 Å². The fraction of sp³-hybridized carbons (Fsp3) is 0.571. The van der Waals surface area contributed by atoms with Crippen LogP contribution in [-0.2, 0) is 15.8 Å². The molecule has 0 spiro atoms. The van der Waals surface area contributed by atoms with Crippen LogP contribution in [0.3, 0.4) is 0 Å². The predicted molar refractivity (Wildman–Crippen MR) is 77.4 cm³/mol. The Kier molecular flexibility index (Phi) is 3.48. The summed E-state index contributed by atoms with van der Waals surface area (Å²) >= 11 is 0. The molecule has 2 aliphatic heterocycles. The van der Waals surface area contributed by atoms with Gasteiger partial charge in [0, 0.05) is 17.8 Å². The molecule has 2 saturated heterocycles. The van der Waals surface area contributed by atoms with Crippen molar-refractivity contribution in [3.63, 3.8) is 0 Å². The minimum absolute atomic E-state index is 0.0103. The number of benzene rings is 1. The highest BCUT2D eigenvalue weighted by Crippen LogP contribution is 2.38. The Morgan fingerprint density at radius 1 is 1.15 bits per heavy atom. The van der Waals surface area contributed by atoms with E-state index in [1.165, 1.54) is 0 Å². The highest BCUT2D eigenvalue weighted by Gasteiger charge is 2.46. The van der Waals surface area contributed by atoms with Crippen LogP contribution in [0.25, 0.3) is 0 Å². The molecule has 0 saturated carbocycles. The van der Waals surface area contributed by atoms with Crippen molar-refractivity contribution in [2.45, 2.75) is 49.6 Å². The summed E-state index contributed by atoms with van der Waals surface area (Å²) in [6.45, 7) is 0. The second-order valence-corrected chi connectivity index (χ2v) is 7.71. The molecule has 2 fully saturated rings. The molecule has 2 bridgehead atoms. The van der Waals surface area contributed by atoms with E-state index in [1.807, 2.05) is 0 Å². The number of nitrogens with zero attached hydrogens (tertiary/aromatic N) is 1. The number of piperidine rings is 1. The third kappa shape index (κ3) is 2.55. The van der Waals surface area contributed by atoms with Gasteiger partial charge >= 0.3 is 0 Å². The Labute approximate surface area is 119 Å². The Morgan fingerprint density at radius 2 is 1.70 bits per heavy atom. The Bertz CT molecular complexity index is 571. The quantitative estimate of drug-likeness (QED) is 0.818. The molecule has 20 heavy (non-hydrogen) atoms. The summed E-state index contributed by atoms with van der Waals surface area (Å²) in [5, 5.41) is 9.76. The van der Waals surface area contributed by atoms with E-state index in [1.54, 1.807) is 28.6 Å². The zero-order chi connectivity index (χ0) is 14.3. The van der Waals surface area contributed by atoms with Gasteiger partial charge in [-0.1, -0.05) is 12.1 Å². The van der Waals surface area contributed by atoms with Crippen LogP contribution >= 0.6 is 0 Å². The SMILES string of the molecule is Nc1ccc(CS(=O)(=O)N2C3CCC2CC(O)C3)cc1. The molecule has 0 radical (unpaired) electrons. The molecule has 6 heteroatoms. The van der Waals surface area contributed by atoms with Crippen LogP contribution in [0.4, 0.5) is 5.69 Å². The van der Waals surface area contributed by atoms with E-state index in [-0.39, 0.29) is 23.9 Å². The number of rotatable bonds is 3. The average Bonchev–Trinajstić information content (AvgIpc) is 2.66. The molecule has 2 aliphatic rings. The van der Waals surface area contributed by atoms with Gasteiger partial charge in [-0.2, -0.15) is 4.31 Å². The van der Waals surface area contributed by atoms with Gasteiger partial charge in [0.05, 0.1) is 11.9 Å². The first-order valence-electron chi connectivity index (χ1n) is 6.99. The van der Waals surface area contributed by atoms with E-state index in [0.717, 1.165) is 18.4 Å². The van der Waals surface area contributed by atoms with Crippen molar-refractivity contribution in [3.05, 3.63) is 29.8 Å². The van der Waals surface area contributed by atoms with Gasteiger partial charge in [0.15, 0.2) is 0 Å². The van der Waals surface area contributed by atoms with Gasteiger partial charge in [-0.3, -0.25) is 0 Å². The molecule has 3 rings (SSSR count). The minimum atomic E-state index is -3.33. The number of nitrogens with two attached hydrogens (primary N) is 1. The fourth-order valence-corrected chi connectivity index (χ4v) is 5.51. The number of hydrogen-bond acceptors (Lipinski definition) is 4. The highest BCUT2D eigenvalue weighted by atomic mass is 32.2. The third-order valence-electron chi connectivity index (χ3n) is 4.29. The lowest BCUT2D eigenvalue weighted by atomic mass is 10.0. The predicted octanol–water partition coefficient (Wildman–Crippen LogP) is 1.09. The summed E-state index contributed by atoms with van der Waals surface area (Å²) in [4.78, 5) is 0. The maximum Gasteiger partial charge on any atom is 0.218 e. The first kappa shape index (κ1) is 13.9. The van der Waals surface area contributed by atoms with Gasteiger partial charge in [0.1, 0.15) is 0 Å². The summed E-state index contributed by atoms with van der Waals surface area (Å²) in [6.07, 6.45) is 2.51. The number of hydrogen-bond donors (Lipinski definition) is 2. The lowest BCUT2D eigenvalue weighted by Crippen LogP contribution is -2.48. The minimum Gasteiger partial charge on any atom is -0.399 e. The van der Waals surface area contributed by atoms with Crippen molar-refractivity contribution in [1.82, 2.24) is 4.31 Å². The van der Waals surface area contributed by atoms with Crippen molar-refractivity contribution < 1.29 is 13.5 Å². The van der Waals surface area contributed by atoms with Crippen molar-refractivity contribution in [2.24, 2.45) is 0 Å². The number of aliphatic hydroxyl groups excluding tert-OH is 1. The third-order valence-corrected chi connectivity index (χ3v) is 6.23. The fourth-order valence-electron chi connectivity index (χ4n) is 3.46. The lowest BCUT2D eigenvalue weighted by molar-refractivity contribution is 0.0768. The lowest BCUT2D eigenvalue weighted by Gasteiger charge is -2.36. The van der Waals surface area contributed by atoms with Crippen molar-refractivity contribution in [2.75, 3.05) is 5.73 Å². The molecule has 3 N–H and O–H groups in total. The van der Waals surface area contributed by atoms with Crippen LogP contribution in [-0.4, -0.2) is 36.0 Å². The summed E-state index contributed by atoms with van der Waals surface area (Å²) < 4.78 is 26.9. The number of aliphatic hydroxyl groups is 1. The average molecular weight is 296 g/mol. The van der Waals surface area contributed by atoms with Gasteiger partial charge in [-0.25, -0.2) is 8.42 Å². The monoisotopic (exact) mass is 296 g/mol. The molecule has 5 nitrogen and oxygen atoms in total. The van der Waals surface area contributed by atoms with Gasteiger partial charge in [-0.05, 0) is 43.4 Å². The second-order valence-electron chi connectivity index (χ2n) is 5.84. The van der Waals surface area contributed by atoms with E-state index >= 15 is 0 Å². The summed E-state index contributed by atoms with van der Waals surface area (Å²) in [7, 11) is -3.33. The number of sulfonamides is 1. The van der Waals surface area contributed by atoms with Crippen LogP contribution in [0.5, 0.6) is 0 Å². The first-order valence-corrected chi connectivity index (χ1v) is 8.60. The summed E-state index contributed by atoms with van der Waals surface area (Å²) in [5.41, 5.74) is 7.00. The largest absolute Gasteiger partial charge is 0.399 e. The standard InChI is InChI=1S/C14H20N2O3S/c15-11-3-1-10(2-4-11)9-20(18,19)16-12-5-6-13(16)8-14(17)7-12/h1-4,12-14,17H,5-9,15H2. The molecule has 1 aromatic rings. The van der Waals surface area contributed by atoms with E-state index in [2.05, 4.69) is 0 Å². The van der Waals surface area contributed by atoms with Gasteiger partial charge in [0.2, 0.25) is 10.0 Å². The van der Waals surface area contributed by atoms with Crippen LogP contribution < -0.4 is 5.73 Å². The number of anilines is 1. The smallest absolute Gasteiger partial charge is 0.218 e. The van der Waals surface area contributed by atoms with Gasteiger partial charge in [0.25, 0.3) is 0 Å². The maximum atomic E-state index is 12.6. The molecular formula is C14H20N2O3S. The van der Waals surface area contributed by atoms with Gasteiger partial charge in [-0.15, -0.1) is 0 Å². The second kappa shape index (κ2) is 5.02. The molecule has 1 aromatic carbocycles. The molecule has 2 heterocycles. The van der Waals surface area contributed by atoms with Crippen LogP contribution in [0, 0.1) is 0 Å². The first-order chi connectivity index (χ1) is 9.45. The molecule has 0 amide bonds. The topological polar surface area (TPSA) is 83.6 Å². The molecule has 2 atom stereocenters. The van der Waals surface area contributed by atoms with E-state index in [0.29, 0.717) is 18.5 Å². The summed E-state index contributed by atoms with van der Waals surface area (Å²) in [6, 6.07) is 6.91.